The molecule has 0 unspecified atom stereocenters. The van der Waals surface area contributed by atoms with E-state index < -0.39 is 0 Å². The van der Waals surface area contributed by atoms with Gasteiger partial charge in [-0.05, 0) is 51.2 Å². The minimum Gasteiger partial charge on any atom is -0.488 e. The van der Waals surface area contributed by atoms with Gasteiger partial charge < -0.3 is 10.5 Å². The molecule has 0 radical (unpaired) electrons. The van der Waals surface area contributed by atoms with Crippen molar-refractivity contribution in [1.82, 2.24) is 0 Å². The van der Waals surface area contributed by atoms with E-state index in [2.05, 4.69) is 47.1 Å². The fraction of sp³-hybridized carbons (Fsp3) is 0.250. The van der Waals surface area contributed by atoms with Crippen LogP contribution in [0.5, 0.6) is 5.75 Å². The molecule has 2 nitrogen and oxygen atoms in total. The van der Waals surface area contributed by atoms with Crippen LogP contribution in [0, 0.1) is 0 Å². The SMILES string of the molecule is CCc1ccc(COc2ccc(CN)cc2Br)cc1. The Hall–Kier alpha value is -1.32. The molecule has 0 heterocycles. The van der Waals surface area contributed by atoms with E-state index in [0.29, 0.717) is 13.2 Å². The van der Waals surface area contributed by atoms with Crippen LogP contribution in [-0.2, 0) is 19.6 Å². The second-order valence-electron chi connectivity index (χ2n) is 4.43. The highest BCUT2D eigenvalue weighted by molar-refractivity contribution is 9.10. The molecule has 2 rings (SSSR count). The van der Waals surface area contributed by atoms with Gasteiger partial charge in [-0.15, -0.1) is 0 Å². The van der Waals surface area contributed by atoms with Crippen LogP contribution in [-0.4, -0.2) is 0 Å². The van der Waals surface area contributed by atoms with Gasteiger partial charge in [0, 0.05) is 6.54 Å². The zero-order chi connectivity index (χ0) is 13.7. The first kappa shape index (κ1) is 14.1. The van der Waals surface area contributed by atoms with Crippen LogP contribution in [0.15, 0.2) is 46.9 Å². The number of halogens is 1. The second kappa shape index (κ2) is 6.73. The van der Waals surface area contributed by atoms with Crippen LogP contribution < -0.4 is 10.5 Å². The second-order valence-corrected chi connectivity index (χ2v) is 5.28. The van der Waals surface area contributed by atoms with Crippen LogP contribution >= 0.6 is 15.9 Å². The molecular formula is C16H18BrNO. The molecule has 0 atom stereocenters. The van der Waals surface area contributed by atoms with Crippen molar-refractivity contribution >= 4 is 15.9 Å². The van der Waals surface area contributed by atoms with E-state index in [9.17, 15) is 0 Å². The highest BCUT2D eigenvalue weighted by atomic mass is 79.9. The summed E-state index contributed by atoms with van der Waals surface area (Å²) in [4.78, 5) is 0. The lowest BCUT2D eigenvalue weighted by molar-refractivity contribution is 0.304. The summed E-state index contributed by atoms with van der Waals surface area (Å²) in [6, 6.07) is 14.4. The molecule has 2 aromatic carbocycles. The van der Waals surface area contributed by atoms with E-state index >= 15 is 0 Å². The number of rotatable bonds is 5. The zero-order valence-electron chi connectivity index (χ0n) is 11.0. The van der Waals surface area contributed by atoms with E-state index in [4.69, 9.17) is 10.5 Å². The quantitative estimate of drug-likeness (QED) is 0.902. The molecule has 0 amide bonds. The molecule has 0 aliphatic rings. The summed E-state index contributed by atoms with van der Waals surface area (Å²) >= 11 is 3.50. The first-order valence-corrected chi connectivity index (χ1v) is 7.21. The third kappa shape index (κ3) is 3.82. The summed E-state index contributed by atoms with van der Waals surface area (Å²) in [7, 11) is 0. The Balaban J connectivity index is 2.01. The van der Waals surface area contributed by atoms with Gasteiger partial charge in [0.15, 0.2) is 0 Å². The number of aryl methyl sites for hydroxylation is 1. The van der Waals surface area contributed by atoms with E-state index in [-0.39, 0.29) is 0 Å². The number of nitrogens with two attached hydrogens (primary N) is 1. The summed E-state index contributed by atoms with van der Waals surface area (Å²) in [5.41, 5.74) is 9.21. The van der Waals surface area contributed by atoms with Gasteiger partial charge in [0.05, 0.1) is 4.47 Å². The maximum Gasteiger partial charge on any atom is 0.134 e. The molecular weight excluding hydrogens is 302 g/mol. The summed E-state index contributed by atoms with van der Waals surface area (Å²) in [6.07, 6.45) is 1.06. The minimum absolute atomic E-state index is 0.539. The van der Waals surface area contributed by atoms with Crippen molar-refractivity contribution in [1.29, 1.82) is 0 Å². The smallest absolute Gasteiger partial charge is 0.134 e. The molecule has 0 spiro atoms. The summed E-state index contributed by atoms with van der Waals surface area (Å²) in [5.74, 6) is 0.844. The fourth-order valence-electron chi connectivity index (χ4n) is 1.82. The number of hydrogen-bond acceptors (Lipinski definition) is 2. The Labute approximate surface area is 122 Å². The summed E-state index contributed by atoms with van der Waals surface area (Å²) in [5, 5.41) is 0. The first-order chi connectivity index (χ1) is 9.22. The van der Waals surface area contributed by atoms with E-state index in [1.54, 1.807) is 0 Å². The Bertz CT molecular complexity index is 537. The average Bonchev–Trinajstić information content (AvgIpc) is 2.46. The summed E-state index contributed by atoms with van der Waals surface area (Å²) in [6.45, 7) is 3.27. The summed E-state index contributed by atoms with van der Waals surface area (Å²) < 4.78 is 6.75. The van der Waals surface area contributed by atoms with Crippen molar-refractivity contribution in [2.75, 3.05) is 0 Å². The molecule has 0 aliphatic heterocycles. The molecule has 2 N–H and O–H groups in total. The van der Waals surface area contributed by atoms with Gasteiger partial charge in [-0.1, -0.05) is 37.3 Å². The number of benzene rings is 2. The molecule has 3 heteroatoms. The topological polar surface area (TPSA) is 35.2 Å². The maximum absolute atomic E-state index is 5.81. The van der Waals surface area contributed by atoms with Crippen LogP contribution in [0.1, 0.15) is 23.6 Å². The van der Waals surface area contributed by atoms with Crippen LogP contribution in [0.2, 0.25) is 0 Å². The lowest BCUT2D eigenvalue weighted by Gasteiger charge is -2.09. The molecule has 0 aliphatic carbocycles. The van der Waals surface area contributed by atoms with Gasteiger partial charge >= 0.3 is 0 Å². The molecule has 0 saturated heterocycles. The molecule has 0 saturated carbocycles. The third-order valence-electron chi connectivity index (χ3n) is 3.06. The molecule has 19 heavy (non-hydrogen) atoms. The standard InChI is InChI=1S/C16H18BrNO/c1-2-12-3-5-13(6-4-12)11-19-16-8-7-14(10-18)9-15(16)17/h3-9H,2,10-11,18H2,1H3. The monoisotopic (exact) mass is 319 g/mol. The Morgan fingerprint density at radius 1 is 1.00 bits per heavy atom. The third-order valence-corrected chi connectivity index (χ3v) is 3.68. The largest absolute Gasteiger partial charge is 0.488 e. The first-order valence-electron chi connectivity index (χ1n) is 6.42. The fourth-order valence-corrected chi connectivity index (χ4v) is 2.36. The van der Waals surface area contributed by atoms with E-state index in [0.717, 1.165) is 22.2 Å². The van der Waals surface area contributed by atoms with Crippen molar-refractivity contribution in [2.24, 2.45) is 5.73 Å². The maximum atomic E-state index is 5.81. The van der Waals surface area contributed by atoms with Crippen molar-refractivity contribution in [3.63, 3.8) is 0 Å². The average molecular weight is 320 g/mol. The minimum atomic E-state index is 0.539. The highest BCUT2D eigenvalue weighted by Crippen LogP contribution is 2.26. The predicted molar refractivity (Wildman–Crippen MR) is 82.2 cm³/mol. The number of hydrogen-bond donors (Lipinski definition) is 1. The molecule has 100 valence electrons. The lowest BCUT2D eigenvalue weighted by Crippen LogP contribution is -1.99. The highest BCUT2D eigenvalue weighted by Gasteiger charge is 2.03. The normalized spacial score (nSPS) is 10.5. The van der Waals surface area contributed by atoms with Gasteiger partial charge in [-0.25, -0.2) is 0 Å². The van der Waals surface area contributed by atoms with Gasteiger partial charge in [0.25, 0.3) is 0 Å². The molecule has 0 bridgehead atoms. The van der Waals surface area contributed by atoms with Gasteiger partial charge in [0.1, 0.15) is 12.4 Å². The van der Waals surface area contributed by atoms with Crippen molar-refractivity contribution in [2.45, 2.75) is 26.5 Å². The van der Waals surface area contributed by atoms with Gasteiger partial charge in [-0.3, -0.25) is 0 Å². The molecule has 2 aromatic rings. The van der Waals surface area contributed by atoms with Gasteiger partial charge in [0.2, 0.25) is 0 Å². The van der Waals surface area contributed by atoms with Crippen molar-refractivity contribution in [3.8, 4) is 5.75 Å². The molecule has 0 fully saturated rings. The van der Waals surface area contributed by atoms with Crippen LogP contribution in [0.25, 0.3) is 0 Å². The lowest BCUT2D eigenvalue weighted by atomic mass is 10.1. The van der Waals surface area contributed by atoms with Crippen molar-refractivity contribution in [3.05, 3.63) is 63.6 Å². The predicted octanol–water partition coefficient (Wildman–Crippen LogP) is 4.05. The number of ether oxygens (including phenoxy) is 1. The Morgan fingerprint density at radius 3 is 2.21 bits per heavy atom. The Morgan fingerprint density at radius 2 is 1.63 bits per heavy atom. The molecule has 0 aromatic heterocycles. The van der Waals surface area contributed by atoms with Gasteiger partial charge in [-0.2, -0.15) is 0 Å². The van der Waals surface area contributed by atoms with Crippen LogP contribution in [0.4, 0.5) is 0 Å². The van der Waals surface area contributed by atoms with E-state index in [1.807, 2.05) is 18.2 Å². The van der Waals surface area contributed by atoms with Crippen molar-refractivity contribution < 1.29 is 4.74 Å². The Kier molecular flexibility index (Phi) is 5.00. The zero-order valence-corrected chi connectivity index (χ0v) is 12.6. The van der Waals surface area contributed by atoms with E-state index in [1.165, 1.54) is 11.1 Å². The van der Waals surface area contributed by atoms with Crippen LogP contribution in [0.3, 0.4) is 0 Å².